The highest BCUT2D eigenvalue weighted by Gasteiger charge is 1.99. The first-order valence-electron chi connectivity index (χ1n) is 5.04. The monoisotopic (exact) mass is 221 g/mol. The van der Waals surface area contributed by atoms with Crippen LogP contribution in [0.1, 0.15) is 18.9 Å². The van der Waals surface area contributed by atoms with Gasteiger partial charge in [-0.25, -0.2) is 4.79 Å². The lowest BCUT2D eigenvalue weighted by molar-refractivity contribution is -0.120. The van der Waals surface area contributed by atoms with Crippen molar-refractivity contribution < 1.29 is 9.59 Å². The molecule has 16 heavy (non-hydrogen) atoms. The highest BCUT2D eigenvalue weighted by molar-refractivity contribution is 5.87. The van der Waals surface area contributed by atoms with Crippen molar-refractivity contribution in [3.05, 3.63) is 29.8 Å². The number of carbonyl (C=O) groups is 2. The molecule has 0 atom stereocenters. The lowest BCUT2D eigenvalue weighted by Gasteiger charge is -2.05. The van der Waals surface area contributed by atoms with Crippen LogP contribution in [0.15, 0.2) is 24.3 Å². The van der Waals surface area contributed by atoms with Crippen LogP contribution in [0.25, 0.3) is 0 Å². The van der Waals surface area contributed by atoms with E-state index in [1.54, 1.807) is 19.1 Å². The van der Waals surface area contributed by atoms with Crippen LogP contribution in [0.2, 0.25) is 0 Å². The summed E-state index contributed by atoms with van der Waals surface area (Å²) < 4.78 is 0. The molecule has 0 saturated carbocycles. The van der Waals surface area contributed by atoms with Gasteiger partial charge in [0, 0.05) is 18.7 Å². The molecule has 0 fully saturated rings. The Hall–Kier alpha value is -2.04. The minimum atomic E-state index is -0.591. The zero-order chi connectivity index (χ0) is 12.0. The van der Waals surface area contributed by atoms with Gasteiger partial charge in [-0.05, 0) is 17.7 Å². The SMILES string of the molecule is CCC(=O)NCc1ccc(NC(N)=O)cc1. The number of primary amides is 1. The molecule has 0 aliphatic carbocycles. The maximum Gasteiger partial charge on any atom is 0.316 e. The first-order chi connectivity index (χ1) is 7.61. The van der Waals surface area contributed by atoms with Crippen LogP contribution < -0.4 is 16.4 Å². The lowest BCUT2D eigenvalue weighted by atomic mass is 10.2. The van der Waals surface area contributed by atoms with Crippen molar-refractivity contribution in [2.75, 3.05) is 5.32 Å². The molecule has 1 rings (SSSR count). The maximum atomic E-state index is 11.0. The number of hydrogen-bond acceptors (Lipinski definition) is 2. The molecule has 5 heteroatoms. The van der Waals surface area contributed by atoms with Crippen molar-refractivity contribution >= 4 is 17.6 Å². The standard InChI is InChI=1S/C11H15N3O2/c1-2-10(15)13-7-8-3-5-9(6-4-8)14-11(12)16/h3-6H,2,7H2,1H3,(H,13,15)(H3,12,14,16). The summed E-state index contributed by atoms with van der Waals surface area (Å²) in [4.78, 5) is 21.6. The molecular formula is C11H15N3O2. The van der Waals surface area contributed by atoms with E-state index in [-0.39, 0.29) is 5.91 Å². The fourth-order valence-corrected chi connectivity index (χ4v) is 1.17. The number of benzene rings is 1. The molecule has 4 N–H and O–H groups in total. The molecule has 0 spiro atoms. The normalized spacial score (nSPS) is 9.56. The highest BCUT2D eigenvalue weighted by Crippen LogP contribution is 2.08. The van der Waals surface area contributed by atoms with Crippen LogP contribution in [0, 0.1) is 0 Å². The van der Waals surface area contributed by atoms with Gasteiger partial charge in [-0.2, -0.15) is 0 Å². The minimum Gasteiger partial charge on any atom is -0.352 e. The molecule has 1 aromatic rings. The second kappa shape index (κ2) is 5.75. The summed E-state index contributed by atoms with van der Waals surface area (Å²) in [5, 5.41) is 5.22. The van der Waals surface area contributed by atoms with Gasteiger partial charge in [0.2, 0.25) is 5.91 Å². The topological polar surface area (TPSA) is 84.2 Å². The minimum absolute atomic E-state index is 0.0133. The Balaban J connectivity index is 2.51. The molecule has 0 heterocycles. The third-order valence-electron chi connectivity index (χ3n) is 2.03. The van der Waals surface area contributed by atoms with E-state index in [1.807, 2.05) is 12.1 Å². The second-order valence-corrected chi connectivity index (χ2v) is 3.32. The Labute approximate surface area is 94.0 Å². The maximum absolute atomic E-state index is 11.0. The Morgan fingerprint density at radius 3 is 2.38 bits per heavy atom. The van der Waals surface area contributed by atoms with Gasteiger partial charge in [-0.1, -0.05) is 19.1 Å². The van der Waals surface area contributed by atoms with Crippen LogP contribution in [0.4, 0.5) is 10.5 Å². The summed E-state index contributed by atoms with van der Waals surface area (Å²) in [6, 6.07) is 6.52. The van der Waals surface area contributed by atoms with Crippen molar-refractivity contribution in [1.82, 2.24) is 5.32 Å². The zero-order valence-corrected chi connectivity index (χ0v) is 9.12. The fourth-order valence-electron chi connectivity index (χ4n) is 1.17. The molecule has 5 nitrogen and oxygen atoms in total. The summed E-state index contributed by atoms with van der Waals surface area (Å²) in [7, 11) is 0. The van der Waals surface area contributed by atoms with Crippen LogP contribution in [-0.2, 0) is 11.3 Å². The number of amides is 3. The molecule has 86 valence electrons. The Kier molecular flexibility index (Phi) is 4.32. The Morgan fingerprint density at radius 2 is 1.88 bits per heavy atom. The number of urea groups is 1. The first kappa shape index (κ1) is 12.0. The predicted molar refractivity (Wildman–Crippen MR) is 61.8 cm³/mol. The van der Waals surface area contributed by atoms with Crippen molar-refractivity contribution in [2.45, 2.75) is 19.9 Å². The molecule has 0 aliphatic rings. The van der Waals surface area contributed by atoms with Crippen LogP contribution >= 0.6 is 0 Å². The molecule has 0 aliphatic heterocycles. The second-order valence-electron chi connectivity index (χ2n) is 3.32. The number of hydrogen-bond donors (Lipinski definition) is 3. The van der Waals surface area contributed by atoms with Gasteiger partial charge >= 0.3 is 6.03 Å². The molecule has 0 aromatic heterocycles. The van der Waals surface area contributed by atoms with E-state index in [2.05, 4.69) is 10.6 Å². The molecule has 0 saturated heterocycles. The Morgan fingerprint density at radius 1 is 1.25 bits per heavy atom. The molecule has 0 bridgehead atoms. The van der Waals surface area contributed by atoms with Crippen LogP contribution in [0.3, 0.4) is 0 Å². The van der Waals surface area contributed by atoms with Gasteiger partial charge in [0.1, 0.15) is 0 Å². The fraction of sp³-hybridized carbons (Fsp3) is 0.273. The number of anilines is 1. The van der Waals surface area contributed by atoms with Gasteiger partial charge in [-0.3, -0.25) is 4.79 Å². The highest BCUT2D eigenvalue weighted by atomic mass is 16.2. The summed E-state index contributed by atoms with van der Waals surface area (Å²) >= 11 is 0. The number of rotatable bonds is 4. The largest absolute Gasteiger partial charge is 0.352 e. The predicted octanol–water partition coefficient (Wildman–Crippen LogP) is 1.20. The van der Waals surface area contributed by atoms with E-state index in [0.29, 0.717) is 18.7 Å². The van der Waals surface area contributed by atoms with Crippen molar-refractivity contribution in [3.63, 3.8) is 0 Å². The van der Waals surface area contributed by atoms with Gasteiger partial charge in [0.05, 0.1) is 0 Å². The van der Waals surface area contributed by atoms with Crippen molar-refractivity contribution in [3.8, 4) is 0 Å². The molecular weight excluding hydrogens is 206 g/mol. The van der Waals surface area contributed by atoms with Crippen LogP contribution in [0.5, 0.6) is 0 Å². The van der Waals surface area contributed by atoms with Crippen molar-refractivity contribution in [1.29, 1.82) is 0 Å². The summed E-state index contributed by atoms with van der Waals surface area (Å²) in [5.74, 6) is 0.0133. The summed E-state index contributed by atoms with van der Waals surface area (Å²) in [6.45, 7) is 2.29. The third kappa shape index (κ3) is 4.00. The lowest BCUT2D eigenvalue weighted by Crippen LogP contribution is -2.21. The molecule has 0 radical (unpaired) electrons. The van der Waals surface area contributed by atoms with Gasteiger partial charge < -0.3 is 16.4 Å². The third-order valence-corrected chi connectivity index (χ3v) is 2.03. The smallest absolute Gasteiger partial charge is 0.316 e. The van der Waals surface area contributed by atoms with E-state index in [0.717, 1.165) is 5.56 Å². The van der Waals surface area contributed by atoms with Gasteiger partial charge in [-0.15, -0.1) is 0 Å². The van der Waals surface area contributed by atoms with E-state index in [4.69, 9.17) is 5.73 Å². The number of nitrogens with two attached hydrogens (primary N) is 1. The van der Waals surface area contributed by atoms with E-state index < -0.39 is 6.03 Å². The molecule has 0 unspecified atom stereocenters. The average molecular weight is 221 g/mol. The molecule has 3 amide bonds. The van der Waals surface area contributed by atoms with Gasteiger partial charge in [0.15, 0.2) is 0 Å². The van der Waals surface area contributed by atoms with Crippen molar-refractivity contribution in [2.24, 2.45) is 5.73 Å². The number of carbonyl (C=O) groups excluding carboxylic acids is 2. The molecule has 1 aromatic carbocycles. The zero-order valence-electron chi connectivity index (χ0n) is 9.12. The van der Waals surface area contributed by atoms with Gasteiger partial charge in [0.25, 0.3) is 0 Å². The summed E-state index contributed by atoms with van der Waals surface area (Å²) in [6.07, 6.45) is 0.474. The quantitative estimate of drug-likeness (QED) is 0.713. The first-order valence-corrected chi connectivity index (χ1v) is 5.04. The number of nitrogens with one attached hydrogen (secondary N) is 2. The van der Waals surface area contributed by atoms with Crippen LogP contribution in [-0.4, -0.2) is 11.9 Å². The van der Waals surface area contributed by atoms with E-state index in [1.165, 1.54) is 0 Å². The Bertz CT molecular complexity index is 373. The van der Waals surface area contributed by atoms with E-state index in [9.17, 15) is 9.59 Å². The van der Waals surface area contributed by atoms with E-state index >= 15 is 0 Å². The average Bonchev–Trinajstić information content (AvgIpc) is 2.27. The summed E-state index contributed by atoms with van der Waals surface area (Å²) in [5.41, 5.74) is 6.58.